The Hall–Kier alpha value is -3.83. The average molecular weight is 551 g/mol. The zero-order chi connectivity index (χ0) is 27.7. The minimum absolute atomic E-state index is 0.0450. The molecule has 0 aliphatic carbocycles. The van der Waals surface area contributed by atoms with Gasteiger partial charge in [-0.05, 0) is 42.3 Å². The predicted octanol–water partition coefficient (Wildman–Crippen LogP) is 3.87. The Morgan fingerprint density at radius 2 is 1.76 bits per heavy atom. The second kappa shape index (κ2) is 10.5. The number of nitrogens with zero attached hydrogens (tertiary/aromatic N) is 5. The molecule has 0 spiro atoms. The zero-order valence-corrected chi connectivity index (χ0v) is 20.2. The number of ketones is 1. The van der Waals surface area contributed by atoms with E-state index in [-0.39, 0.29) is 41.0 Å². The molecule has 0 bridgehead atoms. The maximum absolute atomic E-state index is 14.3. The van der Waals surface area contributed by atoms with Gasteiger partial charge in [0.1, 0.15) is 18.1 Å². The molecule has 198 valence electrons. The summed E-state index contributed by atoms with van der Waals surface area (Å²) < 4.78 is 92.5. The highest BCUT2D eigenvalue weighted by Gasteiger charge is 2.43. The third kappa shape index (κ3) is 5.68. The summed E-state index contributed by atoms with van der Waals surface area (Å²) in [5.41, 5.74) is 0.724. The Bertz CT molecular complexity index is 1490. The van der Waals surface area contributed by atoms with Crippen molar-refractivity contribution in [3.63, 3.8) is 0 Å². The van der Waals surface area contributed by atoms with E-state index < -0.39 is 52.4 Å². The van der Waals surface area contributed by atoms with Gasteiger partial charge < -0.3 is 0 Å². The van der Waals surface area contributed by atoms with E-state index in [9.17, 15) is 40.4 Å². The molecule has 8 nitrogen and oxygen atoms in total. The van der Waals surface area contributed by atoms with E-state index in [1.165, 1.54) is 12.3 Å². The van der Waals surface area contributed by atoms with Crippen LogP contribution in [-0.4, -0.2) is 52.2 Å². The monoisotopic (exact) mass is 551 g/mol. The van der Waals surface area contributed by atoms with Gasteiger partial charge in [0.15, 0.2) is 5.78 Å². The number of Topliss-reactive ketones (excluding diaryl/α,β-unsaturated/α-hetero) is 1. The van der Waals surface area contributed by atoms with Crippen LogP contribution in [0.4, 0.5) is 22.0 Å². The Morgan fingerprint density at radius 3 is 2.37 bits per heavy atom. The van der Waals surface area contributed by atoms with Gasteiger partial charge in [0.2, 0.25) is 15.8 Å². The quantitative estimate of drug-likeness (QED) is 0.409. The summed E-state index contributed by atoms with van der Waals surface area (Å²) in [5.74, 6) is -2.58. The second-order valence-corrected chi connectivity index (χ2v) is 10.4. The molecule has 0 amide bonds. The molecule has 3 aromatic rings. The van der Waals surface area contributed by atoms with Gasteiger partial charge in [-0.1, -0.05) is 0 Å². The highest BCUT2D eigenvalue weighted by molar-refractivity contribution is 7.89. The number of sulfonamides is 1. The summed E-state index contributed by atoms with van der Waals surface area (Å²) in [6.45, 7) is -0.535. The molecule has 0 radical (unpaired) electrons. The van der Waals surface area contributed by atoms with E-state index in [2.05, 4.69) is 15.0 Å². The first-order chi connectivity index (χ1) is 17.9. The first kappa shape index (κ1) is 27.2. The van der Waals surface area contributed by atoms with Crippen molar-refractivity contribution < 1.29 is 35.2 Å². The molecule has 1 fully saturated rings. The van der Waals surface area contributed by atoms with Crippen LogP contribution in [0, 0.1) is 17.1 Å². The van der Waals surface area contributed by atoms with Gasteiger partial charge in [-0.15, -0.1) is 0 Å². The van der Waals surface area contributed by atoms with Crippen molar-refractivity contribution in [2.75, 3.05) is 6.54 Å². The summed E-state index contributed by atoms with van der Waals surface area (Å²) in [5, 5.41) is 9.42. The Morgan fingerprint density at radius 1 is 1.11 bits per heavy atom. The maximum Gasteiger partial charge on any atom is 0.451 e. The molecule has 1 aromatic carbocycles. The van der Waals surface area contributed by atoms with Crippen molar-refractivity contribution in [2.24, 2.45) is 0 Å². The van der Waals surface area contributed by atoms with Gasteiger partial charge in [-0.3, -0.25) is 9.78 Å². The fourth-order valence-corrected chi connectivity index (χ4v) is 5.70. The largest absolute Gasteiger partial charge is 0.451 e. The van der Waals surface area contributed by atoms with E-state index >= 15 is 0 Å². The Balaban J connectivity index is 1.53. The third-order valence-corrected chi connectivity index (χ3v) is 7.84. The SMILES string of the molecule is N#Cc1cnc(-c2cnc(C(F)(F)F)nc2)cc1CCC(=O)[C@@H]1C[C@@H](F)CN1S(=O)(=O)c1ccc(F)cc1. The zero-order valence-electron chi connectivity index (χ0n) is 19.4. The lowest BCUT2D eigenvalue weighted by Gasteiger charge is -2.23. The summed E-state index contributed by atoms with van der Waals surface area (Å²) in [6, 6.07) is 5.96. The normalized spacial score (nSPS) is 18.3. The standard InChI is InChI=1S/C24H18F5N5O3S/c25-17-2-4-19(5-3-17)38(36,37)34-13-18(26)8-21(34)22(35)6-1-14-7-20(31-10-15(14)9-30)16-11-32-23(33-12-16)24(27,28)29/h2-5,7,10-12,18,21H,1,6,8,13H2/t18-,21+/m1/s1. The predicted molar refractivity (Wildman–Crippen MR) is 122 cm³/mol. The van der Waals surface area contributed by atoms with Gasteiger partial charge in [0.25, 0.3) is 0 Å². The highest BCUT2D eigenvalue weighted by atomic mass is 32.2. The van der Waals surface area contributed by atoms with Gasteiger partial charge in [0.05, 0.1) is 22.2 Å². The van der Waals surface area contributed by atoms with Crippen molar-refractivity contribution in [1.29, 1.82) is 5.26 Å². The summed E-state index contributed by atoms with van der Waals surface area (Å²) in [7, 11) is -4.29. The molecule has 1 saturated heterocycles. The fourth-order valence-electron chi connectivity index (χ4n) is 4.05. The van der Waals surface area contributed by atoms with Gasteiger partial charge in [0, 0.05) is 43.5 Å². The molecule has 4 rings (SSSR count). The van der Waals surface area contributed by atoms with Crippen LogP contribution in [0.5, 0.6) is 0 Å². The van der Waals surface area contributed by atoms with Crippen LogP contribution in [0.3, 0.4) is 0 Å². The van der Waals surface area contributed by atoms with Crippen LogP contribution in [0.2, 0.25) is 0 Å². The van der Waals surface area contributed by atoms with Crippen LogP contribution in [-0.2, 0) is 27.4 Å². The lowest BCUT2D eigenvalue weighted by Crippen LogP contribution is -2.40. The number of nitriles is 1. The molecule has 0 saturated carbocycles. The average Bonchev–Trinajstić information content (AvgIpc) is 3.29. The lowest BCUT2D eigenvalue weighted by atomic mass is 9.99. The van der Waals surface area contributed by atoms with Crippen LogP contribution >= 0.6 is 0 Å². The van der Waals surface area contributed by atoms with Crippen molar-refractivity contribution in [2.45, 2.75) is 42.5 Å². The molecular formula is C24H18F5N5O3S. The van der Waals surface area contributed by atoms with Crippen molar-refractivity contribution in [3.8, 4) is 17.3 Å². The number of carbonyl (C=O) groups is 1. The van der Waals surface area contributed by atoms with E-state index in [0.29, 0.717) is 5.56 Å². The Kier molecular flexibility index (Phi) is 7.52. The van der Waals surface area contributed by atoms with Gasteiger partial charge >= 0.3 is 6.18 Å². The molecular weight excluding hydrogens is 533 g/mol. The topological polar surface area (TPSA) is 117 Å². The van der Waals surface area contributed by atoms with E-state index in [1.54, 1.807) is 0 Å². The second-order valence-electron chi connectivity index (χ2n) is 8.48. The number of hydrogen-bond donors (Lipinski definition) is 0. The molecule has 14 heteroatoms. The number of rotatable bonds is 7. The van der Waals surface area contributed by atoms with Gasteiger partial charge in [-0.2, -0.15) is 22.7 Å². The highest BCUT2D eigenvalue weighted by Crippen LogP contribution is 2.30. The number of halogens is 5. The van der Waals surface area contributed by atoms with Crippen molar-refractivity contribution in [3.05, 3.63) is 71.7 Å². The summed E-state index contributed by atoms with van der Waals surface area (Å²) in [4.78, 5) is 23.3. The fraction of sp³-hybridized carbons (Fsp3) is 0.292. The number of aromatic nitrogens is 3. The van der Waals surface area contributed by atoms with Gasteiger partial charge in [-0.25, -0.2) is 27.2 Å². The molecule has 2 atom stereocenters. The number of aryl methyl sites for hydroxylation is 1. The number of benzene rings is 1. The van der Waals surface area contributed by atoms with E-state index in [0.717, 1.165) is 41.0 Å². The van der Waals surface area contributed by atoms with Crippen LogP contribution in [0.1, 0.15) is 29.8 Å². The smallest absolute Gasteiger partial charge is 0.298 e. The molecule has 1 aliphatic heterocycles. The molecule has 0 unspecified atom stereocenters. The molecule has 0 N–H and O–H groups in total. The number of carbonyl (C=O) groups excluding carboxylic acids is 1. The van der Waals surface area contributed by atoms with E-state index in [4.69, 9.17) is 0 Å². The maximum atomic E-state index is 14.3. The minimum Gasteiger partial charge on any atom is -0.298 e. The molecule has 1 aliphatic rings. The van der Waals surface area contributed by atoms with Crippen LogP contribution < -0.4 is 0 Å². The number of hydrogen-bond acceptors (Lipinski definition) is 7. The van der Waals surface area contributed by atoms with E-state index in [1.807, 2.05) is 6.07 Å². The minimum atomic E-state index is -4.72. The summed E-state index contributed by atoms with van der Waals surface area (Å²) in [6.07, 6.45) is -3.92. The molecule has 3 heterocycles. The first-order valence-corrected chi connectivity index (χ1v) is 12.6. The molecule has 38 heavy (non-hydrogen) atoms. The van der Waals surface area contributed by atoms with Crippen molar-refractivity contribution >= 4 is 15.8 Å². The third-order valence-electron chi connectivity index (χ3n) is 5.95. The summed E-state index contributed by atoms with van der Waals surface area (Å²) >= 11 is 0. The Labute approximate surface area is 213 Å². The first-order valence-electron chi connectivity index (χ1n) is 11.1. The molecule has 2 aromatic heterocycles. The van der Waals surface area contributed by atoms with Crippen LogP contribution in [0.25, 0.3) is 11.3 Å². The number of alkyl halides is 4. The number of pyridine rings is 1. The van der Waals surface area contributed by atoms with Crippen LogP contribution in [0.15, 0.2) is 53.8 Å². The van der Waals surface area contributed by atoms with Crippen molar-refractivity contribution in [1.82, 2.24) is 19.3 Å². The lowest BCUT2D eigenvalue weighted by molar-refractivity contribution is -0.145.